The van der Waals surface area contributed by atoms with Crippen molar-refractivity contribution in [2.45, 2.75) is 30.7 Å². The predicted octanol–water partition coefficient (Wildman–Crippen LogP) is 4.11. The van der Waals surface area contributed by atoms with Gasteiger partial charge in [0.15, 0.2) is 0 Å². The van der Waals surface area contributed by atoms with E-state index in [1.807, 2.05) is 0 Å². The topological polar surface area (TPSA) is 101 Å². The van der Waals surface area contributed by atoms with E-state index in [4.69, 9.17) is 23.2 Å². The predicted molar refractivity (Wildman–Crippen MR) is 114 cm³/mol. The van der Waals surface area contributed by atoms with Crippen LogP contribution in [-0.2, 0) is 14.8 Å². The van der Waals surface area contributed by atoms with E-state index < -0.39 is 31.6 Å². The summed E-state index contributed by atoms with van der Waals surface area (Å²) in [5.41, 5.74) is -0.227. The summed E-state index contributed by atoms with van der Waals surface area (Å²) in [5, 5.41) is 11.4. The van der Waals surface area contributed by atoms with E-state index in [9.17, 15) is 23.3 Å². The van der Waals surface area contributed by atoms with Crippen molar-refractivity contribution in [2.24, 2.45) is 0 Å². The van der Waals surface area contributed by atoms with Crippen LogP contribution < -0.4 is 4.31 Å². The van der Waals surface area contributed by atoms with E-state index in [1.54, 1.807) is 4.90 Å². The molecule has 1 atom stereocenters. The molecular formula is C19H19Cl2N3O5S. The van der Waals surface area contributed by atoms with Gasteiger partial charge in [-0.1, -0.05) is 23.2 Å². The lowest BCUT2D eigenvalue weighted by atomic mass is 10.2. The van der Waals surface area contributed by atoms with E-state index in [1.165, 1.54) is 31.2 Å². The van der Waals surface area contributed by atoms with Crippen molar-refractivity contribution in [3.63, 3.8) is 0 Å². The molecule has 2 aromatic carbocycles. The Morgan fingerprint density at radius 3 is 2.30 bits per heavy atom. The van der Waals surface area contributed by atoms with E-state index in [0.717, 1.165) is 35.3 Å². The molecule has 1 amide bonds. The zero-order valence-corrected chi connectivity index (χ0v) is 18.3. The third-order valence-electron chi connectivity index (χ3n) is 4.87. The van der Waals surface area contributed by atoms with Crippen molar-refractivity contribution < 1.29 is 18.1 Å². The molecule has 0 unspecified atom stereocenters. The van der Waals surface area contributed by atoms with Gasteiger partial charge in [0.2, 0.25) is 5.91 Å². The monoisotopic (exact) mass is 471 g/mol. The van der Waals surface area contributed by atoms with Crippen molar-refractivity contribution >= 4 is 50.5 Å². The number of non-ortho nitro benzene ring substituents is 1. The van der Waals surface area contributed by atoms with Gasteiger partial charge in [0.05, 0.1) is 15.6 Å². The highest BCUT2D eigenvalue weighted by Gasteiger charge is 2.37. The highest BCUT2D eigenvalue weighted by Crippen LogP contribution is 2.33. The molecule has 3 rings (SSSR count). The van der Waals surface area contributed by atoms with Crippen LogP contribution in [0.25, 0.3) is 0 Å². The molecule has 0 aliphatic carbocycles. The first-order valence-corrected chi connectivity index (χ1v) is 11.4. The Kier molecular flexibility index (Phi) is 6.54. The second-order valence-electron chi connectivity index (χ2n) is 6.86. The van der Waals surface area contributed by atoms with E-state index in [-0.39, 0.29) is 16.6 Å². The summed E-state index contributed by atoms with van der Waals surface area (Å²) in [7, 11) is -4.42. The molecular weight excluding hydrogens is 453 g/mol. The number of sulfonamides is 1. The summed E-state index contributed by atoms with van der Waals surface area (Å²) in [6.07, 6.45) is 1.70. The number of carbonyl (C=O) groups excluding carboxylic acids is 1. The van der Waals surface area contributed by atoms with Gasteiger partial charge in [-0.2, -0.15) is 0 Å². The van der Waals surface area contributed by atoms with Gasteiger partial charge in [-0.05, 0) is 50.1 Å². The number of nitrogens with zero attached hydrogens (tertiary/aromatic N) is 3. The van der Waals surface area contributed by atoms with E-state index in [2.05, 4.69) is 0 Å². The molecule has 0 N–H and O–H groups in total. The lowest BCUT2D eigenvalue weighted by molar-refractivity contribution is -0.385. The summed E-state index contributed by atoms with van der Waals surface area (Å²) in [5.74, 6) is -0.354. The molecule has 2 aromatic rings. The van der Waals surface area contributed by atoms with Gasteiger partial charge in [0.25, 0.3) is 15.7 Å². The second kappa shape index (κ2) is 8.79. The summed E-state index contributed by atoms with van der Waals surface area (Å²) < 4.78 is 28.1. The van der Waals surface area contributed by atoms with Crippen molar-refractivity contribution in [2.75, 3.05) is 17.4 Å². The lowest BCUT2D eigenvalue weighted by Gasteiger charge is -2.32. The first-order chi connectivity index (χ1) is 14.1. The molecule has 160 valence electrons. The molecule has 0 radical (unpaired) electrons. The summed E-state index contributed by atoms with van der Waals surface area (Å²) in [4.78, 5) is 24.6. The smallest absolute Gasteiger partial charge is 0.270 e. The van der Waals surface area contributed by atoms with Gasteiger partial charge in [-0.3, -0.25) is 19.2 Å². The maximum atomic E-state index is 13.6. The maximum Gasteiger partial charge on any atom is 0.270 e. The van der Waals surface area contributed by atoms with E-state index >= 15 is 0 Å². The van der Waals surface area contributed by atoms with Crippen LogP contribution in [-0.4, -0.2) is 43.3 Å². The average Bonchev–Trinajstić information content (AvgIpc) is 3.23. The van der Waals surface area contributed by atoms with E-state index in [0.29, 0.717) is 18.1 Å². The SMILES string of the molecule is C[C@H](C(=O)N1CCCC1)N(c1ccc(Cl)cc1)S(=O)(=O)c1cc([N+](=O)[O-])ccc1Cl. The molecule has 0 aromatic heterocycles. The fourth-order valence-electron chi connectivity index (χ4n) is 3.37. The number of halogens is 2. The number of amides is 1. The molecule has 0 saturated carbocycles. The number of nitro benzene ring substituents is 1. The number of nitro groups is 1. The van der Waals surface area contributed by atoms with Gasteiger partial charge in [-0.25, -0.2) is 8.42 Å². The Hall–Kier alpha value is -2.36. The van der Waals surface area contributed by atoms with Crippen LogP contribution in [0.3, 0.4) is 0 Å². The number of anilines is 1. The number of carbonyl (C=O) groups is 1. The Bertz CT molecular complexity index is 1070. The zero-order chi connectivity index (χ0) is 22.1. The van der Waals surface area contributed by atoms with Gasteiger partial charge < -0.3 is 4.90 Å². The fraction of sp³-hybridized carbons (Fsp3) is 0.316. The van der Waals surface area contributed by atoms with Crippen molar-refractivity contribution in [1.82, 2.24) is 4.90 Å². The Labute approximate surface area is 184 Å². The van der Waals surface area contributed by atoms with Crippen molar-refractivity contribution in [3.05, 3.63) is 62.6 Å². The van der Waals surface area contributed by atoms with Gasteiger partial charge in [-0.15, -0.1) is 0 Å². The van der Waals surface area contributed by atoms with Crippen LogP contribution in [0.4, 0.5) is 11.4 Å². The molecule has 8 nitrogen and oxygen atoms in total. The molecule has 0 bridgehead atoms. The summed E-state index contributed by atoms with van der Waals surface area (Å²) in [6.45, 7) is 2.59. The maximum absolute atomic E-state index is 13.6. The number of benzene rings is 2. The molecule has 1 heterocycles. The Balaban J connectivity index is 2.13. The summed E-state index contributed by atoms with van der Waals surface area (Å²) >= 11 is 12.0. The first-order valence-electron chi connectivity index (χ1n) is 9.15. The third kappa shape index (κ3) is 4.38. The van der Waals surface area contributed by atoms with Crippen LogP contribution >= 0.6 is 23.2 Å². The number of hydrogen-bond acceptors (Lipinski definition) is 5. The largest absolute Gasteiger partial charge is 0.341 e. The normalized spacial score (nSPS) is 15.1. The molecule has 1 aliphatic heterocycles. The molecule has 1 aliphatic rings. The van der Waals surface area contributed by atoms with Gasteiger partial charge in [0, 0.05) is 30.2 Å². The highest BCUT2D eigenvalue weighted by atomic mass is 35.5. The van der Waals surface area contributed by atoms with Crippen LogP contribution in [0.15, 0.2) is 47.4 Å². The minimum atomic E-state index is -4.42. The molecule has 1 saturated heterocycles. The second-order valence-corrected chi connectivity index (χ2v) is 9.48. The molecule has 30 heavy (non-hydrogen) atoms. The standard InChI is InChI=1S/C19H19Cl2N3O5S/c1-13(19(25)22-10-2-3-11-22)23(15-6-4-14(20)5-7-15)30(28,29)18-12-16(24(26)27)8-9-17(18)21/h4-9,12-13H,2-3,10-11H2,1H3/t13-/m1/s1. The Morgan fingerprint density at radius 1 is 1.13 bits per heavy atom. The minimum absolute atomic E-state index is 0.180. The number of rotatable bonds is 6. The van der Waals surface area contributed by atoms with Crippen LogP contribution in [0, 0.1) is 10.1 Å². The van der Waals surface area contributed by atoms with Gasteiger partial charge >= 0.3 is 0 Å². The molecule has 0 spiro atoms. The van der Waals surface area contributed by atoms with Crippen molar-refractivity contribution in [1.29, 1.82) is 0 Å². The number of likely N-dealkylation sites (tertiary alicyclic amines) is 1. The van der Waals surface area contributed by atoms with Gasteiger partial charge in [0.1, 0.15) is 10.9 Å². The minimum Gasteiger partial charge on any atom is -0.341 e. The zero-order valence-electron chi connectivity index (χ0n) is 16.0. The fourth-order valence-corrected chi connectivity index (χ4v) is 5.61. The average molecular weight is 472 g/mol. The van der Waals surface area contributed by atoms with Crippen LogP contribution in [0.2, 0.25) is 10.0 Å². The highest BCUT2D eigenvalue weighted by molar-refractivity contribution is 7.93. The van der Waals surface area contributed by atoms with Crippen LogP contribution in [0.1, 0.15) is 19.8 Å². The Morgan fingerprint density at radius 2 is 1.73 bits per heavy atom. The first kappa shape index (κ1) is 22.3. The quantitative estimate of drug-likeness (QED) is 0.465. The van der Waals surface area contributed by atoms with Crippen LogP contribution in [0.5, 0.6) is 0 Å². The lowest BCUT2D eigenvalue weighted by Crippen LogP contribution is -2.49. The summed E-state index contributed by atoms with van der Waals surface area (Å²) in [6, 6.07) is 8.02. The molecule has 11 heteroatoms. The van der Waals surface area contributed by atoms with Crippen molar-refractivity contribution in [3.8, 4) is 0 Å². The number of hydrogen-bond donors (Lipinski definition) is 0. The third-order valence-corrected chi connectivity index (χ3v) is 7.50. The molecule has 1 fully saturated rings.